The van der Waals surface area contributed by atoms with E-state index in [2.05, 4.69) is 46.0 Å². The number of esters is 1. The van der Waals surface area contributed by atoms with Gasteiger partial charge in [0.2, 0.25) is 0 Å². The van der Waals surface area contributed by atoms with Crippen LogP contribution < -0.4 is 21.5 Å². The fourth-order valence-corrected chi connectivity index (χ4v) is 8.34. The van der Waals surface area contributed by atoms with E-state index in [0.29, 0.717) is 41.9 Å². The molecule has 0 heterocycles. The Balaban J connectivity index is 1.51. The number of fused-ring (bicyclic) bond motifs is 5. The molecule has 4 rings (SSSR count). The van der Waals surface area contributed by atoms with Crippen LogP contribution in [0.2, 0.25) is 0 Å². The third-order valence-corrected chi connectivity index (χ3v) is 9.71. The Kier molecular flexibility index (Phi) is 6.52. The average molecular weight is 469 g/mol. The quantitative estimate of drug-likeness (QED) is 0.161. The first-order valence-corrected chi connectivity index (χ1v) is 13.1. The summed E-state index contributed by atoms with van der Waals surface area (Å²) < 4.78 is 5.76. The Morgan fingerprint density at radius 3 is 2.65 bits per heavy atom. The minimum atomic E-state index is -0.688. The smallest absolute Gasteiger partial charge is 0.328 e. The molecule has 5 atom stereocenters. The number of benzene rings is 1. The third kappa shape index (κ3) is 4.23. The second-order valence-electron chi connectivity index (χ2n) is 12.4. The number of rotatable bonds is 6. The summed E-state index contributed by atoms with van der Waals surface area (Å²) >= 11 is 0. The van der Waals surface area contributed by atoms with E-state index in [1.165, 1.54) is 48.8 Å². The molecule has 0 spiro atoms. The highest BCUT2D eigenvalue weighted by Crippen LogP contribution is 2.67. The van der Waals surface area contributed by atoms with Gasteiger partial charge in [0.05, 0.1) is 0 Å². The molecule has 0 bridgehead atoms. The number of hydrogen-bond acceptors (Lipinski definition) is 4. The Morgan fingerprint density at radius 1 is 1.21 bits per heavy atom. The van der Waals surface area contributed by atoms with E-state index in [1.807, 2.05) is 6.07 Å². The van der Waals surface area contributed by atoms with Crippen LogP contribution in [0.4, 0.5) is 0 Å². The Morgan fingerprint density at radius 2 is 1.94 bits per heavy atom. The highest BCUT2D eigenvalue weighted by atomic mass is 16.5. The molecular formula is C28H44N4O2. The van der Waals surface area contributed by atoms with Crippen molar-refractivity contribution in [1.29, 1.82) is 5.41 Å². The van der Waals surface area contributed by atoms with Crippen molar-refractivity contribution in [2.75, 3.05) is 6.54 Å². The maximum Gasteiger partial charge on any atom is 0.328 e. The topological polar surface area (TPSA) is 114 Å². The fourth-order valence-electron chi connectivity index (χ4n) is 8.34. The summed E-state index contributed by atoms with van der Waals surface area (Å²) in [5.74, 6) is 1.55. The van der Waals surface area contributed by atoms with Gasteiger partial charge in [-0.05, 0) is 109 Å². The predicted octanol–water partition coefficient (Wildman–Crippen LogP) is 4.55. The Hall–Kier alpha value is -2.08. The predicted molar refractivity (Wildman–Crippen MR) is 137 cm³/mol. The number of nitrogens with one attached hydrogen (secondary N) is 2. The van der Waals surface area contributed by atoms with Crippen LogP contribution in [0.5, 0.6) is 5.75 Å². The average Bonchev–Trinajstić information content (AvgIpc) is 3.04. The molecule has 0 aromatic heterocycles. The van der Waals surface area contributed by atoms with Crippen LogP contribution >= 0.6 is 0 Å². The monoisotopic (exact) mass is 468 g/mol. The van der Waals surface area contributed by atoms with Crippen molar-refractivity contribution in [3.05, 3.63) is 28.8 Å². The lowest BCUT2D eigenvalue weighted by molar-refractivity contribution is -0.136. The van der Waals surface area contributed by atoms with E-state index >= 15 is 0 Å². The molecule has 1 unspecified atom stereocenters. The van der Waals surface area contributed by atoms with E-state index in [0.717, 1.165) is 12.3 Å². The summed E-state index contributed by atoms with van der Waals surface area (Å²) in [7, 11) is 0. The van der Waals surface area contributed by atoms with Gasteiger partial charge in [-0.1, -0.05) is 34.1 Å². The molecule has 2 fully saturated rings. The van der Waals surface area contributed by atoms with Gasteiger partial charge < -0.3 is 21.5 Å². The molecule has 6 N–H and O–H groups in total. The zero-order valence-corrected chi connectivity index (χ0v) is 21.7. The molecule has 1 aromatic carbocycles. The van der Waals surface area contributed by atoms with E-state index in [4.69, 9.17) is 21.6 Å². The normalized spacial score (nSPS) is 32.2. The van der Waals surface area contributed by atoms with Crippen LogP contribution in [0.25, 0.3) is 0 Å². The lowest BCUT2D eigenvalue weighted by atomic mass is 9.43. The van der Waals surface area contributed by atoms with Crippen LogP contribution in [-0.2, 0) is 16.6 Å². The summed E-state index contributed by atoms with van der Waals surface area (Å²) in [5.41, 5.74) is 16.4. The van der Waals surface area contributed by atoms with Crippen molar-refractivity contribution >= 4 is 11.9 Å². The third-order valence-electron chi connectivity index (χ3n) is 9.71. The van der Waals surface area contributed by atoms with E-state index in [1.54, 1.807) is 0 Å². The second-order valence-corrected chi connectivity index (χ2v) is 12.4. The lowest BCUT2D eigenvalue weighted by Crippen LogP contribution is -2.55. The summed E-state index contributed by atoms with van der Waals surface area (Å²) in [4.78, 5) is 12.6. The van der Waals surface area contributed by atoms with Gasteiger partial charge >= 0.3 is 5.97 Å². The molecule has 0 aliphatic heterocycles. The molecule has 188 valence electrons. The van der Waals surface area contributed by atoms with Crippen LogP contribution in [0.3, 0.4) is 0 Å². The highest BCUT2D eigenvalue weighted by molar-refractivity contribution is 5.78. The first-order valence-electron chi connectivity index (χ1n) is 13.1. The molecule has 0 radical (unpaired) electrons. The summed E-state index contributed by atoms with van der Waals surface area (Å²) in [6.45, 7) is 12.7. The summed E-state index contributed by atoms with van der Waals surface area (Å²) in [5, 5.41) is 9.93. The number of nitrogens with two attached hydrogens (primary N) is 2. The highest BCUT2D eigenvalue weighted by Gasteiger charge is 2.61. The van der Waals surface area contributed by atoms with Crippen molar-refractivity contribution in [3.63, 3.8) is 0 Å². The number of ether oxygens (including phenoxy) is 1. The number of aryl methyl sites for hydroxylation is 1. The molecule has 1 aromatic rings. The minimum absolute atomic E-state index is 0.0732. The van der Waals surface area contributed by atoms with Gasteiger partial charge in [-0.25, -0.2) is 4.79 Å². The van der Waals surface area contributed by atoms with Gasteiger partial charge in [0.1, 0.15) is 11.8 Å². The van der Waals surface area contributed by atoms with E-state index < -0.39 is 12.0 Å². The largest absolute Gasteiger partial charge is 0.425 e. The van der Waals surface area contributed by atoms with Crippen molar-refractivity contribution in [2.24, 2.45) is 34.1 Å². The Bertz CT molecular complexity index is 973. The molecule has 3 aliphatic rings. The van der Waals surface area contributed by atoms with Crippen molar-refractivity contribution < 1.29 is 9.53 Å². The van der Waals surface area contributed by atoms with E-state index in [9.17, 15) is 4.79 Å². The second kappa shape index (κ2) is 8.85. The number of guanidine groups is 1. The van der Waals surface area contributed by atoms with Gasteiger partial charge in [0.15, 0.2) is 5.96 Å². The maximum atomic E-state index is 12.6. The van der Waals surface area contributed by atoms with Crippen molar-refractivity contribution in [2.45, 2.75) is 97.4 Å². The Labute approximate surface area is 205 Å². The molecule has 34 heavy (non-hydrogen) atoms. The standard InChI is InChI=1S/C28H44N4O2/c1-17-14-19(34-24(33)20(29)8-6-13-32-25(30)31)15-18-16-22-27(4)11-7-10-26(2,3)21(27)9-12-28(22,5)23(17)18/h14-15,20-22H,6-13,16,29H2,1-5H3,(H4,30,31,32)/t20?,21-,22-,27-,28+/m0/s1. The SMILES string of the molecule is Cc1cc(OC(=O)C(N)CCCNC(=N)N)cc2c1[C@]1(C)CC[C@H]3C(C)(C)CCC[C@]3(C)[C@@H]1C2. The van der Waals surface area contributed by atoms with Crippen LogP contribution in [0, 0.1) is 35.0 Å². The zero-order valence-electron chi connectivity index (χ0n) is 21.7. The number of carbonyl (C=O) groups is 1. The molecule has 6 heteroatoms. The number of carbonyl (C=O) groups excluding carboxylic acids is 1. The van der Waals surface area contributed by atoms with Gasteiger partial charge in [-0.2, -0.15) is 0 Å². The molecule has 0 saturated heterocycles. The van der Waals surface area contributed by atoms with Crippen molar-refractivity contribution in [1.82, 2.24) is 5.32 Å². The maximum absolute atomic E-state index is 12.6. The molecule has 0 amide bonds. The molecule has 6 nitrogen and oxygen atoms in total. The van der Waals surface area contributed by atoms with Crippen LogP contribution in [-0.4, -0.2) is 24.5 Å². The van der Waals surface area contributed by atoms with Gasteiger partial charge in [-0.3, -0.25) is 5.41 Å². The van der Waals surface area contributed by atoms with E-state index in [-0.39, 0.29) is 11.4 Å². The molecular weight excluding hydrogens is 424 g/mol. The summed E-state index contributed by atoms with van der Waals surface area (Å²) in [6, 6.07) is 3.46. The fraction of sp³-hybridized carbons (Fsp3) is 0.714. The zero-order chi connectivity index (χ0) is 24.9. The lowest BCUT2D eigenvalue weighted by Gasteiger charge is -2.61. The van der Waals surface area contributed by atoms with Gasteiger partial charge in [0.25, 0.3) is 0 Å². The molecule has 2 saturated carbocycles. The van der Waals surface area contributed by atoms with Crippen LogP contribution in [0.15, 0.2) is 12.1 Å². The summed E-state index contributed by atoms with van der Waals surface area (Å²) in [6.07, 6.45) is 8.74. The van der Waals surface area contributed by atoms with Gasteiger partial charge in [-0.15, -0.1) is 0 Å². The van der Waals surface area contributed by atoms with Crippen molar-refractivity contribution in [3.8, 4) is 5.75 Å². The van der Waals surface area contributed by atoms with Crippen LogP contribution in [0.1, 0.15) is 89.3 Å². The molecule has 3 aliphatic carbocycles. The van der Waals surface area contributed by atoms with Gasteiger partial charge in [0, 0.05) is 6.54 Å². The minimum Gasteiger partial charge on any atom is -0.425 e. The first-order chi connectivity index (χ1) is 15.9. The number of hydrogen-bond donors (Lipinski definition) is 4. The first kappa shape index (κ1) is 25.0.